The van der Waals surface area contributed by atoms with Crippen molar-refractivity contribution in [3.63, 3.8) is 0 Å². The van der Waals surface area contributed by atoms with Crippen molar-refractivity contribution in [3.8, 4) is 5.75 Å². The van der Waals surface area contributed by atoms with Crippen LogP contribution in [0.3, 0.4) is 0 Å². The van der Waals surface area contributed by atoms with Crippen LogP contribution in [0.4, 0.5) is 11.4 Å². The highest BCUT2D eigenvalue weighted by molar-refractivity contribution is 7.80. The van der Waals surface area contributed by atoms with Crippen molar-refractivity contribution in [1.29, 1.82) is 0 Å². The maximum Gasteiger partial charge on any atom is 0.243 e. The van der Waals surface area contributed by atoms with Crippen molar-refractivity contribution >= 4 is 34.6 Å². The first kappa shape index (κ1) is 18.7. The number of amides is 1. The van der Waals surface area contributed by atoms with Crippen LogP contribution in [0.5, 0.6) is 5.75 Å². The Morgan fingerprint density at radius 2 is 1.60 bits per heavy atom. The molecule has 0 aliphatic rings. The zero-order valence-corrected chi connectivity index (χ0v) is 15.5. The zero-order chi connectivity index (χ0) is 18.2. The smallest absolute Gasteiger partial charge is 0.243 e. The minimum absolute atomic E-state index is 0.125. The second-order valence-electron chi connectivity index (χ2n) is 5.59. The van der Waals surface area contributed by atoms with E-state index in [9.17, 15) is 4.79 Å². The molecule has 0 radical (unpaired) electrons. The van der Waals surface area contributed by atoms with Gasteiger partial charge in [-0.05, 0) is 62.5 Å². The summed E-state index contributed by atoms with van der Waals surface area (Å²) in [5, 5.41) is 6.55. The van der Waals surface area contributed by atoms with E-state index in [-0.39, 0.29) is 12.5 Å². The molecule has 0 heterocycles. The van der Waals surface area contributed by atoms with Gasteiger partial charge < -0.3 is 20.3 Å². The van der Waals surface area contributed by atoms with E-state index in [4.69, 9.17) is 17.0 Å². The number of methoxy groups -OCH3 is 1. The standard InChI is InChI=1S/C19H23N3O2S/c1-4-22(19(25)21-16-7-5-14(2)6-8-16)13-18(23)20-15-9-11-17(24-3)12-10-15/h5-12H,4,13H2,1-3H3,(H,20,23)(H,21,25). The first-order valence-corrected chi connectivity index (χ1v) is 8.49. The number of hydrogen-bond donors (Lipinski definition) is 2. The van der Waals surface area contributed by atoms with Crippen LogP contribution < -0.4 is 15.4 Å². The third-order valence-electron chi connectivity index (χ3n) is 3.68. The summed E-state index contributed by atoms with van der Waals surface area (Å²) in [6.45, 7) is 4.81. The van der Waals surface area contributed by atoms with Crippen LogP contribution in [0.25, 0.3) is 0 Å². The molecule has 0 atom stereocenters. The molecular formula is C19H23N3O2S. The topological polar surface area (TPSA) is 53.6 Å². The number of thiocarbonyl (C=S) groups is 1. The maximum atomic E-state index is 12.3. The van der Waals surface area contributed by atoms with Gasteiger partial charge in [0.2, 0.25) is 5.91 Å². The Balaban J connectivity index is 1.91. The molecule has 25 heavy (non-hydrogen) atoms. The van der Waals surface area contributed by atoms with E-state index in [0.717, 1.165) is 17.1 Å². The first-order valence-electron chi connectivity index (χ1n) is 8.08. The minimum atomic E-state index is -0.125. The highest BCUT2D eigenvalue weighted by Gasteiger charge is 2.13. The fourth-order valence-corrected chi connectivity index (χ4v) is 2.53. The Morgan fingerprint density at radius 1 is 1.04 bits per heavy atom. The molecule has 2 aromatic rings. The fraction of sp³-hybridized carbons (Fsp3) is 0.263. The van der Waals surface area contributed by atoms with Crippen molar-refractivity contribution in [1.82, 2.24) is 4.90 Å². The normalized spacial score (nSPS) is 10.0. The molecule has 5 nitrogen and oxygen atoms in total. The molecule has 1 amide bonds. The lowest BCUT2D eigenvalue weighted by atomic mass is 10.2. The monoisotopic (exact) mass is 357 g/mol. The van der Waals surface area contributed by atoms with Gasteiger partial charge in [-0.25, -0.2) is 0 Å². The summed E-state index contributed by atoms with van der Waals surface area (Å²) in [5.74, 6) is 0.622. The molecule has 6 heteroatoms. The number of likely N-dealkylation sites (N-methyl/N-ethyl adjacent to an activating group) is 1. The van der Waals surface area contributed by atoms with E-state index in [2.05, 4.69) is 10.6 Å². The first-order chi connectivity index (χ1) is 12.0. The lowest BCUT2D eigenvalue weighted by Gasteiger charge is -2.24. The predicted molar refractivity (Wildman–Crippen MR) is 106 cm³/mol. The summed E-state index contributed by atoms with van der Waals surface area (Å²) in [4.78, 5) is 14.1. The molecule has 0 spiro atoms. The van der Waals surface area contributed by atoms with Gasteiger partial charge in [0.05, 0.1) is 13.7 Å². The Bertz CT molecular complexity index is 714. The van der Waals surface area contributed by atoms with Crippen molar-refractivity contribution in [2.75, 3.05) is 30.8 Å². The fourth-order valence-electron chi connectivity index (χ4n) is 2.21. The summed E-state index contributed by atoms with van der Waals surface area (Å²) in [5.41, 5.74) is 2.81. The summed E-state index contributed by atoms with van der Waals surface area (Å²) in [6.07, 6.45) is 0. The lowest BCUT2D eigenvalue weighted by molar-refractivity contribution is -0.116. The number of rotatable bonds is 6. The number of nitrogens with zero attached hydrogens (tertiary/aromatic N) is 1. The summed E-state index contributed by atoms with van der Waals surface area (Å²) in [7, 11) is 1.61. The molecule has 0 fully saturated rings. The molecule has 2 aromatic carbocycles. The van der Waals surface area contributed by atoms with Crippen LogP contribution in [-0.4, -0.2) is 36.1 Å². The number of benzene rings is 2. The Hall–Kier alpha value is -2.60. The van der Waals surface area contributed by atoms with E-state index in [0.29, 0.717) is 11.7 Å². The quantitative estimate of drug-likeness (QED) is 0.773. The van der Waals surface area contributed by atoms with Gasteiger partial charge in [0.25, 0.3) is 0 Å². The van der Waals surface area contributed by atoms with Gasteiger partial charge in [-0.2, -0.15) is 0 Å². The zero-order valence-electron chi connectivity index (χ0n) is 14.7. The molecule has 0 aliphatic carbocycles. The maximum absolute atomic E-state index is 12.3. The van der Waals surface area contributed by atoms with Gasteiger partial charge in [0.15, 0.2) is 5.11 Å². The largest absolute Gasteiger partial charge is 0.497 e. The molecule has 0 aliphatic heterocycles. The number of nitrogens with one attached hydrogen (secondary N) is 2. The molecule has 2 N–H and O–H groups in total. The number of anilines is 2. The average molecular weight is 357 g/mol. The number of hydrogen-bond acceptors (Lipinski definition) is 3. The van der Waals surface area contributed by atoms with Crippen LogP contribution in [-0.2, 0) is 4.79 Å². The Morgan fingerprint density at radius 3 is 2.16 bits per heavy atom. The van der Waals surface area contributed by atoms with Gasteiger partial charge in [-0.3, -0.25) is 4.79 Å². The summed E-state index contributed by atoms with van der Waals surface area (Å²) < 4.78 is 5.11. The van der Waals surface area contributed by atoms with Crippen molar-refractivity contribution < 1.29 is 9.53 Å². The highest BCUT2D eigenvalue weighted by atomic mass is 32.1. The average Bonchev–Trinajstić information content (AvgIpc) is 2.62. The lowest BCUT2D eigenvalue weighted by Crippen LogP contribution is -2.40. The molecule has 0 unspecified atom stereocenters. The van der Waals surface area contributed by atoms with Crippen LogP contribution in [0.2, 0.25) is 0 Å². The van der Waals surface area contributed by atoms with Crippen LogP contribution >= 0.6 is 12.2 Å². The number of carbonyl (C=O) groups is 1. The van der Waals surface area contributed by atoms with E-state index >= 15 is 0 Å². The highest BCUT2D eigenvalue weighted by Crippen LogP contribution is 2.15. The van der Waals surface area contributed by atoms with E-state index in [1.54, 1.807) is 31.4 Å². The molecule has 2 rings (SSSR count). The second-order valence-corrected chi connectivity index (χ2v) is 5.97. The van der Waals surface area contributed by atoms with Crippen LogP contribution in [0.15, 0.2) is 48.5 Å². The number of carbonyl (C=O) groups excluding carboxylic acids is 1. The van der Waals surface area contributed by atoms with Gasteiger partial charge >= 0.3 is 0 Å². The molecule has 0 aromatic heterocycles. The van der Waals surface area contributed by atoms with Gasteiger partial charge in [0.1, 0.15) is 5.75 Å². The Kier molecular flexibility index (Phi) is 6.77. The summed E-state index contributed by atoms with van der Waals surface area (Å²) >= 11 is 5.42. The third-order valence-corrected chi connectivity index (χ3v) is 4.04. The number of ether oxygens (including phenoxy) is 1. The molecule has 0 saturated carbocycles. The molecule has 0 saturated heterocycles. The van der Waals surface area contributed by atoms with E-state index < -0.39 is 0 Å². The van der Waals surface area contributed by atoms with Crippen molar-refractivity contribution in [2.45, 2.75) is 13.8 Å². The molecular weight excluding hydrogens is 334 g/mol. The van der Waals surface area contributed by atoms with E-state index in [1.165, 1.54) is 5.56 Å². The van der Waals surface area contributed by atoms with Crippen LogP contribution in [0, 0.1) is 6.92 Å². The molecule has 0 bridgehead atoms. The molecule has 132 valence electrons. The van der Waals surface area contributed by atoms with Crippen LogP contribution in [0.1, 0.15) is 12.5 Å². The van der Waals surface area contributed by atoms with Crippen molar-refractivity contribution in [3.05, 3.63) is 54.1 Å². The van der Waals surface area contributed by atoms with Crippen molar-refractivity contribution in [2.24, 2.45) is 0 Å². The van der Waals surface area contributed by atoms with Gasteiger partial charge in [0, 0.05) is 17.9 Å². The SMILES string of the molecule is CCN(CC(=O)Nc1ccc(OC)cc1)C(=S)Nc1ccc(C)cc1. The van der Waals surface area contributed by atoms with Gasteiger partial charge in [-0.1, -0.05) is 17.7 Å². The number of aryl methyl sites for hydroxylation is 1. The van der Waals surface area contributed by atoms with Gasteiger partial charge in [-0.15, -0.1) is 0 Å². The second kappa shape index (κ2) is 9.03. The summed E-state index contributed by atoms with van der Waals surface area (Å²) in [6, 6.07) is 15.2. The Labute approximate surface area is 154 Å². The minimum Gasteiger partial charge on any atom is -0.497 e. The third kappa shape index (κ3) is 5.76. The predicted octanol–water partition coefficient (Wildman–Crippen LogP) is 3.66. The van der Waals surface area contributed by atoms with E-state index in [1.807, 2.05) is 43.0 Å².